The van der Waals surface area contributed by atoms with Crippen molar-refractivity contribution < 1.29 is 27.5 Å². The van der Waals surface area contributed by atoms with Gasteiger partial charge in [-0.2, -0.15) is 9.59 Å². The van der Waals surface area contributed by atoms with Crippen LogP contribution < -0.4 is 4.74 Å². The summed E-state index contributed by atoms with van der Waals surface area (Å²) in [7, 11) is -3.88. The molecule has 9 nitrogen and oxygen atoms in total. The van der Waals surface area contributed by atoms with Gasteiger partial charge >= 0.3 is 6.15 Å². The molecule has 0 aliphatic carbocycles. The average Bonchev–Trinajstić information content (AvgIpc) is 3.14. The van der Waals surface area contributed by atoms with E-state index >= 15 is 0 Å². The molecule has 4 rings (SSSR count). The average molecular weight is 500 g/mol. The number of hydrogen-bond acceptors (Lipinski definition) is 7. The fourth-order valence-electron chi connectivity index (χ4n) is 4.11. The molecule has 35 heavy (non-hydrogen) atoms. The monoisotopic (exact) mass is 499 g/mol. The smallest absolute Gasteiger partial charge is 0.373 e. The van der Waals surface area contributed by atoms with Gasteiger partial charge < -0.3 is 9.30 Å². The number of ether oxygens (including phenoxy) is 1. The molecule has 0 spiro atoms. The highest BCUT2D eigenvalue weighted by Crippen LogP contribution is 2.23. The van der Waals surface area contributed by atoms with Crippen molar-refractivity contribution in [1.82, 2.24) is 13.8 Å². The standard InChI is InChI=1S/C24H29N3O4S.CO2/c1-18(2)31-20-8-10-21(11-9-20)32(29,30)27-15-13-25(17-24(27)28)12-14-26-16-19(3)22-6-4-5-7-23(22)26;2-1-3/h4-11,16,18H,12-15,17H2,1-3H3;. The van der Waals surface area contributed by atoms with Crippen molar-refractivity contribution in [2.24, 2.45) is 0 Å². The molecule has 10 heteroatoms. The van der Waals surface area contributed by atoms with E-state index in [9.17, 15) is 13.2 Å². The lowest BCUT2D eigenvalue weighted by molar-refractivity contribution is -0.191. The molecule has 0 N–H and O–H groups in total. The van der Waals surface area contributed by atoms with E-state index < -0.39 is 15.9 Å². The first kappa shape index (κ1) is 26.2. The van der Waals surface area contributed by atoms with Gasteiger partial charge in [0.15, 0.2) is 0 Å². The molecule has 0 atom stereocenters. The van der Waals surface area contributed by atoms with Crippen molar-refractivity contribution in [3.8, 4) is 5.75 Å². The number of para-hydroxylation sites is 1. The summed E-state index contributed by atoms with van der Waals surface area (Å²) in [5, 5.41) is 1.23. The maximum absolute atomic E-state index is 13.0. The van der Waals surface area contributed by atoms with Crippen molar-refractivity contribution in [2.75, 3.05) is 26.2 Å². The van der Waals surface area contributed by atoms with E-state index in [0.717, 1.165) is 10.8 Å². The molecular formula is C25H29N3O6S. The van der Waals surface area contributed by atoms with Crippen LogP contribution in [0.1, 0.15) is 19.4 Å². The highest BCUT2D eigenvalue weighted by Gasteiger charge is 2.33. The number of sulfonamides is 1. The highest BCUT2D eigenvalue weighted by molar-refractivity contribution is 7.89. The Balaban J connectivity index is 0.00000108. The van der Waals surface area contributed by atoms with E-state index in [1.807, 2.05) is 30.9 Å². The lowest BCUT2D eigenvalue weighted by Crippen LogP contribution is -2.52. The van der Waals surface area contributed by atoms with Gasteiger partial charge in [0.25, 0.3) is 15.9 Å². The van der Waals surface area contributed by atoms with Crippen LogP contribution in [0.2, 0.25) is 0 Å². The Morgan fingerprint density at radius 1 is 1.00 bits per heavy atom. The van der Waals surface area contributed by atoms with Gasteiger partial charge in [-0.15, -0.1) is 0 Å². The van der Waals surface area contributed by atoms with Gasteiger partial charge in [-0.1, -0.05) is 18.2 Å². The normalized spacial score (nSPS) is 14.5. The van der Waals surface area contributed by atoms with Gasteiger partial charge in [-0.25, -0.2) is 12.7 Å². The number of aromatic nitrogens is 1. The third-order valence-corrected chi connectivity index (χ3v) is 7.52. The summed E-state index contributed by atoms with van der Waals surface area (Å²) in [6.45, 7) is 8.07. The maximum Gasteiger partial charge on any atom is 0.373 e. The quantitative estimate of drug-likeness (QED) is 0.492. The number of fused-ring (bicyclic) bond motifs is 1. The largest absolute Gasteiger partial charge is 0.491 e. The minimum Gasteiger partial charge on any atom is -0.491 e. The first-order chi connectivity index (χ1) is 16.7. The van der Waals surface area contributed by atoms with Gasteiger partial charge in [-0.05, 0) is 56.7 Å². The van der Waals surface area contributed by atoms with Crippen molar-refractivity contribution in [3.63, 3.8) is 0 Å². The topological polar surface area (TPSA) is 106 Å². The second-order valence-electron chi connectivity index (χ2n) is 8.49. The molecule has 1 saturated heterocycles. The van der Waals surface area contributed by atoms with E-state index in [0.29, 0.717) is 18.8 Å². The molecule has 1 aliphatic rings. The third-order valence-electron chi connectivity index (χ3n) is 5.68. The fourth-order valence-corrected chi connectivity index (χ4v) is 5.49. The van der Waals surface area contributed by atoms with Crippen molar-refractivity contribution in [1.29, 1.82) is 0 Å². The number of nitrogens with zero attached hydrogens (tertiary/aromatic N) is 3. The Bertz CT molecular complexity index is 1310. The van der Waals surface area contributed by atoms with Crippen LogP contribution in [0.3, 0.4) is 0 Å². The zero-order chi connectivity index (χ0) is 25.6. The highest BCUT2D eigenvalue weighted by atomic mass is 32.2. The van der Waals surface area contributed by atoms with E-state index in [1.54, 1.807) is 12.1 Å². The number of aryl methyl sites for hydroxylation is 1. The second kappa shape index (κ2) is 11.3. The molecule has 0 radical (unpaired) electrons. The number of piperazine rings is 1. The Labute approximate surface area is 204 Å². The molecular weight excluding hydrogens is 470 g/mol. The Morgan fingerprint density at radius 2 is 1.66 bits per heavy atom. The number of hydrogen-bond donors (Lipinski definition) is 0. The van der Waals surface area contributed by atoms with E-state index in [-0.39, 0.29) is 30.2 Å². The number of carbonyl (C=O) groups excluding carboxylic acids is 3. The molecule has 3 aromatic rings. The van der Waals surface area contributed by atoms with Crippen molar-refractivity contribution in [2.45, 2.75) is 38.3 Å². The Kier molecular flexibility index (Phi) is 8.45. The molecule has 2 heterocycles. The first-order valence-electron chi connectivity index (χ1n) is 11.3. The van der Waals surface area contributed by atoms with E-state index in [1.165, 1.54) is 28.6 Å². The van der Waals surface area contributed by atoms with Crippen LogP contribution in [0.4, 0.5) is 0 Å². The minimum absolute atomic E-state index is 0.000516. The van der Waals surface area contributed by atoms with Gasteiger partial charge in [-0.3, -0.25) is 9.69 Å². The lowest BCUT2D eigenvalue weighted by atomic mass is 10.2. The molecule has 186 valence electrons. The molecule has 1 aliphatic heterocycles. The third kappa shape index (κ3) is 6.16. The SMILES string of the molecule is Cc1cn(CCN2CCN(S(=O)(=O)c3ccc(OC(C)C)cc3)C(=O)C2)c2ccccc12.O=C=O. The van der Waals surface area contributed by atoms with Crippen LogP contribution >= 0.6 is 0 Å². The molecule has 2 aromatic carbocycles. The van der Waals surface area contributed by atoms with Crippen LogP contribution in [0.15, 0.2) is 59.6 Å². The first-order valence-corrected chi connectivity index (χ1v) is 12.7. The molecule has 0 saturated carbocycles. The van der Waals surface area contributed by atoms with Gasteiger partial charge in [0.1, 0.15) is 5.75 Å². The summed E-state index contributed by atoms with van der Waals surface area (Å²) >= 11 is 0. The predicted molar refractivity (Wildman–Crippen MR) is 129 cm³/mol. The number of amides is 1. The van der Waals surface area contributed by atoms with Gasteiger partial charge in [0.2, 0.25) is 0 Å². The zero-order valence-corrected chi connectivity index (χ0v) is 20.8. The van der Waals surface area contributed by atoms with Crippen LogP contribution in [0.25, 0.3) is 10.9 Å². The Morgan fingerprint density at radius 3 is 2.29 bits per heavy atom. The number of benzene rings is 2. The Hall–Kier alpha value is -3.46. The molecule has 1 aromatic heterocycles. The van der Waals surface area contributed by atoms with Crippen LogP contribution in [-0.2, 0) is 31.0 Å². The van der Waals surface area contributed by atoms with Gasteiger partial charge in [0, 0.05) is 36.7 Å². The molecule has 0 unspecified atom stereocenters. The maximum atomic E-state index is 13.0. The molecule has 1 fully saturated rings. The summed E-state index contributed by atoms with van der Waals surface area (Å²) in [4.78, 5) is 31.1. The van der Waals surface area contributed by atoms with E-state index in [4.69, 9.17) is 14.3 Å². The lowest BCUT2D eigenvalue weighted by Gasteiger charge is -2.33. The number of carbonyl (C=O) groups is 1. The summed E-state index contributed by atoms with van der Waals surface area (Å²) in [5.41, 5.74) is 2.39. The summed E-state index contributed by atoms with van der Waals surface area (Å²) < 4.78 is 34.8. The van der Waals surface area contributed by atoms with Crippen molar-refractivity contribution >= 4 is 33.0 Å². The fraction of sp³-hybridized carbons (Fsp3) is 0.360. The summed E-state index contributed by atoms with van der Waals surface area (Å²) in [6.07, 6.45) is 2.38. The minimum atomic E-state index is -3.88. The number of rotatable bonds is 7. The molecule has 0 bridgehead atoms. The van der Waals surface area contributed by atoms with Crippen LogP contribution in [0, 0.1) is 6.92 Å². The predicted octanol–water partition coefficient (Wildman–Crippen LogP) is 2.69. The summed E-state index contributed by atoms with van der Waals surface area (Å²) in [6, 6.07) is 14.5. The van der Waals surface area contributed by atoms with Crippen LogP contribution in [-0.4, -0.2) is 66.5 Å². The van der Waals surface area contributed by atoms with Crippen molar-refractivity contribution in [3.05, 3.63) is 60.3 Å². The molecule has 1 amide bonds. The summed E-state index contributed by atoms with van der Waals surface area (Å²) in [5.74, 6) is 0.204. The zero-order valence-electron chi connectivity index (χ0n) is 20.0. The van der Waals surface area contributed by atoms with Crippen LogP contribution in [0.5, 0.6) is 5.75 Å². The second-order valence-corrected chi connectivity index (χ2v) is 10.4. The van der Waals surface area contributed by atoms with Gasteiger partial charge in [0.05, 0.1) is 24.1 Å². The van der Waals surface area contributed by atoms with E-state index in [2.05, 4.69) is 29.8 Å².